The van der Waals surface area contributed by atoms with E-state index >= 15 is 0 Å². The summed E-state index contributed by atoms with van der Waals surface area (Å²) in [5, 5.41) is 18.6. The second-order valence-electron chi connectivity index (χ2n) is 4.63. The molecule has 0 spiro atoms. The number of carbonyl (C=O) groups is 2. The number of halogens is 1. The highest BCUT2D eigenvalue weighted by Crippen LogP contribution is 2.22. The number of carboxylic acid groups (broad SMARTS) is 1. The van der Waals surface area contributed by atoms with E-state index in [0.29, 0.717) is 4.47 Å². The molecule has 1 amide bonds. The molecule has 1 heterocycles. The Morgan fingerprint density at radius 2 is 2.10 bits per heavy atom. The van der Waals surface area contributed by atoms with Crippen molar-refractivity contribution in [1.29, 1.82) is 0 Å². The zero-order valence-corrected chi connectivity index (χ0v) is 13.1. The molecule has 0 bridgehead atoms. The highest BCUT2D eigenvalue weighted by atomic mass is 79.9. The van der Waals surface area contributed by atoms with Gasteiger partial charge in [-0.25, -0.2) is 4.79 Å². The number of rotatable bonds is 4. The number of hydrogen-bond acceptors (Lipinski definition) is 3. The van der Waals surface area contributed by atoms with Crippen molar-refractivity contribution < 1.29 is 14.7 Å². The van der Waals surface area contributed by atoms with Crippen molar-refractivity contribution in [2.75, 3.05) is 5.32 Å². The molecule has 0 saturated carbocycles. The van der Waals surface area contributed by atoms with Crippen LogP contribution < -0.4 is 5.32 Å². The summed E-state index contributed by atoms with van der Waals surface area (Å²) in [7, 11) is 0. The van der Waals surface area contributed by atoms with E-state index in [1.54, 1.807) is 12.1 Å². The molecule has 0 aliphatic rings. The van der Waals surface area contributed by atoms with Crippen LogP contribution in [0.15, 0.2) is 22.7 Å². The Kier molecular flexibility index (Phi) is 4.42. The lowest BCUT2D eigenvalue weighted by Crippen LogP contribution is -2.17. The Labute approximate surface area is 129 Å². The van der Waals surface area contributed by atoms with Gasteiger partial charge in [-0.3, -0.25) is 9.89 Å². The molecule has 3 N–H and O–H groups in total. The largest absolute Gasteiger partial charge is 0.478 e. The van der Waals surface area contributed by atoms with Crippen LogP contribution in [0.25, 0.3) is 0 Å². The average molecular weight is 352 g/mol. The van der Waals surface area contributed by atoms with E-state index in [9.17, 15) is 9.59 Å². The minimum Gasteiger partial charge on any atom is -0.478 e. The van der Waals surface area contributed by atoms with Gasteiger partial charge in [0.25, 0.3) is 0 Å². The second kappa shape index (κ2) is 6.09. The van der Waals surface area contributed by atoms with E-state index in [-0.39, 0.29) is 23.6 Å². The number of hydrogen-bond donors (Lipinski definition) is 3. The first kappa shape index (κ1) is 15.2. The third kappa shape index (κ3) is 3.49. The summed E-state index contributed by atoms with van der Waals surface area (Å²) in [6.07, 6.45) is 0.139. The van der Waals surface area contributed by atoms with Gasteiger partial charge in [0.1, 0.15) is 0 Å². The maximum atomic E-state index is 12.1. The predicted octanol–water partition coefficient (Wildman–Crippen LogP) is 2.67. The van der Waals surface area contributed by atoms with Gasteiger partial charge in [0.05, 0.1) is 23.4 Å². The number of carboxylic acids is 1. The number of nitrogens with one attached hydrogen (secondary N) is 2. The smallest absolute Gasteiger partial charge is 0.337 e. The zero-order valence-electron chi connectivity index (χ0n) is 11.5. The van der Waals surface area contributed by atoms with E-state index in [0.717, 1.165) is 17.0 Å². The van der Waals surface area contributed by atoms with Crippen LogP contribution in [-0.2, 0) is 11.2 Å². The van der Waals surface area contributed by atoms with Crippen molar-refractivity contribution in [1.82, 2.24) is 10.2 Å². The second-order valence-corrected chi connectivity index (χ2v) is 5.55. The third-order valence-electron chi connectivity index (χ3n) is 3.10. The van der Waals surface area contributed by atoms with Crippen molar-refractivity contribution in [3.8, 4) is 0 Å². The first-order valence-electron chi connectivity index (χ1n) is 6.21. The van der Waals surface area contributed by atoms with Crippen molar-refractivity contribution in [2.45, 2.75) is 20.3 Å². The molecule has 2 aromatic rings. The molecule has 2 rings (SSSR count). The summed E-state index contributed by atoms with van der Waals surface area (Å²) in [4.78, 5) is 23.3. The Morgan fingerprint density at radius 3 is 2.67 bits per heavy atom. The van der Waals surface area contributed by atoms with Crippen LogP contribution >= 0.6 is 15.9 Å². The van der Waals surface area contributed by atoms with Gasteiger partial charge in [-0.1, -0.05) is 15.9 Å². The van der Waals surface area contributed by atoms with Crippen LogP contribution in [0.5, 0.6) is 0 Å². The Morgan fingerprint density at radius 1 is 1.38 bits per heavy atom. The normalized spacial score (nSPS) is 10.4. The van der Waals surface area contributed by atoms with E-state index in [2.05, 4.69) is 31.4 Å². The Bertz CT molecular complexity index is 690. The first-order valence-corrected chi connectivity index (χ1v) is 7.01. The molecule has 0 aliphatic heterocycles. The molecule has 0 radical (unpaired) electrons. The van der Waals surface area contributed by atoms with Crippen LogP contribution in [0.3, 0.4) is 0 Å². The topological polar surface area (TPSA) is 95.1 Å². The summed E-state index contributed by atoms with van der Waals surface area (Å²) >= 11 is 3.26. The number of aromatic carboxylic acids is 1. The van der Waals surface area contributed by atoms with Crippen LogP contribution in [-0.4, -0.2) is 27.2 Å². The van der Waals surface area contributed by atoms with Gasteiger partial charge in [0.15, 0.2) is 0 Å². The lowest BCUT2D eigenvalue weighted by molar-refractivity contribution is -0.115. The number of nitrogens with zero attached hydrogens (tertiary/aromatic N) is 1. The van der Waals surface area contributed by atoms with Gasteiger partial charge in [-0.05, 0) is 32.0 Å². The number of amides is 1. The van der Waals surface area contributed by atoms with Crippen molar-refractivity contribution in [3.05, 3.63) is 45.2 Å². The van der Waals surface area contributed by atoms with E-state index < -0.39 is 5.97 Å². The van der Waals surface area contributed by atoms with Gasteiger partial charge >= 0.3 is 5.97 Å². The summed E-state index contributed by atoms with van der Waals surface area (Å²) in [5.74, 6) is -1.38. The maximum Gasteiger partial charge on any atom is 0.337 e. The van der Waals surface area contributed by atoms with Crippen molar-refractivity contribution in [3.63, 3.8) is 0 Å². The highest BCUT2D eigenvalue weighted by molar-refractivity contribution is 9.10. The van der Waals surface area contributed by atoms with Gasteiger partial charge in [-0.2, -0.15) is 5.10 Å². The molecule has 21 heavy (non-hydrogen) atoms. The molecule has 110 valence electrons. The minimum absolute atomic E-state index is 0.0483. The van der Waals surface area contributed by atoms with Crippen molar-refractivity contribution >= 4 is 33.5 Å². The first-order chi connectivity index (χ1) is 9.88. The summed E-state index contributed by atoms with van der Waals surface area (Å²) in [5.41, 5.74) is 2.72. The molecule has 0 aliphatic carbocycles. The molecule has 0 saturated heterocycles. The molecular formula is C14H14BrN3O3. The number of aromatic amines is 1. The summed E-state index contributed by atoms with van der Waals surface area (Å²) in [6, 6.07) is 4.62. The molecular weight excluding hydrogens is 338 g/mol. The number of aryl methyl sites for hydroxylation is 2. The zero-order chi connectivity index (χ0) is 15.6. The molecule has 0 fully saturated rings. The lowest BCUT2D eigenvalue weighted by atomic mass is 10.1. The SMILES string of the molecule is Cc1n[nH]c(C)c1CC(=O)Nc1cc(Br)ccc1C(=O)O. The molecule has 0 unspecified atom stereocenters. The summed E-state index contributed by atoms with van der Waals surface area (Å²) in [6.45, 7) is 3.65. The number of H-pyrrole nitrogens is 1. The average Bonchev–Trinajstić information content (AvgIpc) is 2.70. The number of aromatic nitrogens is 2. The van der Waals surface area contributed by atoms with E-state index in [1.165, 1.54) is 6.07 Å². The fourth-order valence-electron chi connectivity index (χ4n) is 2.00. The molecule has 6 nitrogen and oxygen atoms in total. The van der Waals surface area contributed by atoms with E-state index in [4.69, 9.17) is 5.11 Å². The van der Waals surface area contributed by atoms with Crippen molar-refractivity contribution in [2.24, 2.45) is 0 Å². The van der Waals surface area contributed by atoms with Crippen LogP contribution in [0.4, 0.5) is 5.69 Å². The molecule has 1 aromatic heterocycles. The third-order valence-corrected chi connectivity index (χ3v) is 3.60. The van der Waals surface area contributed by atoms with Crippen LogP contribution in [0, 0.1) is 13.8 Å². The Hall–Kier alpha value is -2.15. The van der Waals surface area contributed by atoms with Gasteiger partial charge in [0.2, 0.25) is 5.91 Å². The number of carbonyl (C=O) groups excluding carboxylic acids is 1. The highest BCUT2D eigenvalue weighted by Gasteiger charge is 2.15. The van der Waals surface area contributed by atoms with Crippen LogP contribution in [0.2, 0.25) is 0 Å². The quantitative estimate of drug-likeness (QED) is 0.788. The van der Waals surface area contributed by atoms with Gasteiger partial charge < -0.3 is 10.4 Å². The van der Waals surface area contributed by atoms with Crippen LogP contribution in [0.1, 0.15) is 27.3 Å². The fraction of sp³-hybridized carbons (Fsp3) is 0.214. The Balaban J connectivity index is 2.20. The number of anilines is 1. The predicted molar refractivity (Wildman–Crippen MR) is 81.5 cm³/mol. The van der Waals surface area contributed by atoms with Gasteiger partial charge in [0, 0.05) is 15.7 Å². The molecule has 1 aromatic carbocycles. The summed E-state index contributed by atoms with van der Waals surface area (Å²) < 4.78 is 0.693. The molecule has 7 heteroatoms. The molecule has 0 atom stereocenters. The maximum absolute atomic E-state index is 12.1. The standard InChI is InChI=1S/C14H14BrN3O3/c1-7-11(8(2)18-17-7)6-13(19)16-12-5-9(15)3-4-10(12)14(20)21/h3-5H,6H2,1-2H3,(H,16,19)(H,17,18)(H,20,21). The monoisotopic (exact) mass is 351 g/mol. The fourth-order valence-corrected chi connectivity index (χ4v) is 2.36. The minimum atomic E-state index is -1.09. The van der Waals surface area contributed by atoms with E-state index in [1.807, 2.05) is 13.8 Å². The lowest BCUT2D eigenvalue weighted by Gasteiger charge is -2.09. The van der Waals surface area contributed by atoms with Gasteiger partial charge in [-0.15, -0.1) is 0 Å². The number of benzene rings is 1.